The quantitative estimate of drug-likeness (QED) is 0.297. The number of nitrogens with zero attached hydrogens (tertiary/aromatic N) is 2. The summed E-state index contributed by atoms with van der Waals surface area (Å²) in [6.07, 6.45) is -3.17. The summed E-state index contributed by atoms with van der Waals surface area (Å²) in [7, 11) is -3.27. The van der Waals surface area contributed by atoms with E-state index in [0.717, 1.165) is 26.2 Å². The Kier molecular flexibility index (Phi) is 10.2. The monoisotopic (exact) mass is 653 g/mol. The minimum Gasteiger partial charge on any atom is -0.434 e. The fraction of sp³-hybridized carbons (Fsp3) is 0.655. The fourth-order valence-corrected chi connectivity index (χ4v) is 6.42. The van der Waals surface area contributed by atoms with Crippen LogP contribution in [0.25, 0.3) is 11.3 Å². The Bertz CT molecular complexity index is 1460. The third-order valence-corrected chi connectivity index (χ3v) is 9.60. The highest BCUT2D eigenvalue weighted by Crippen LogP contribution is 2.42. The number of carbonyl (C=O) groups is 1. The highest BCUT2D eigenvalue weighted by molar-refractivity contribution is 7.91. The second-order valence-corrected chi connectivity index (χ2v) is 15.3. The lowest BCUT2D eigenvalue weighted by Gasteiger charge is -2.35. The summed E-state index contributed by atoms with van der Waals surface area (Å²) in [6.45, 7) is 2.72. The molecule has 1 saturated carbocycles. The van der Waals surface area contributed by atoms with Crippen LogP contribution in [0.2, 0.25) is 0 Å². The molecular formula is C29H40F5N3O6S. The van der Waals surface area contributed by atoms with Crippen LogP contribution in [-0.2, 0) is 22.8 Å². The summed E-state index contributed by atoms with van der Waals surface area (Å²) >= 11 is 0. The SMILES string of the molecule is Cc1c(C(=O)NCC2(O)CCC(S(C)(=O)=O)CC2)nn(CC(C)(C)O)c1-c1ccc(CC(C)(C)C(F)(F)F)cc1OC(F)F. The number of sulfone groups is 1. The van der Waals surface area contributed by atoms with Gasteiger partial charge in [0, 0.05) is 23.9 Å². The summed E-state index contributed by atoms with van der Waals surface area (Å²) in [4.78, 5) is 13.3. The zero-order valence-corrected chi connectivity index (χ0v) is 26.4. The van der Waals surface area contributed by atoms with Gasteiger partial charge in [0.05, 0.1) is 34.1 Å². The largest absolute Gasteiger partial charge is 0.434 e. The van der Waals surface area contributed by atoms with Crippen LogP contribution in [-0.4, -0.2) is 76.4 Å². The van der Waals surface area contributed by atoms with Crippen molar-refractivity contribution < 1.29 is 50.1 Å². The number of ether oxygens (including phenoxy) is 1. The number of halogens is 5. The normalized spacial score (nSPS) is 20.2. The van der Waals surface area contributed by atoms with Gasteiger partial charge in [-0.15, -0.1) is 0 Å². The van der Waals surface area contributed by atoms with Gasteiger partial charge in [0.1, 0.15) is 15.6 Å². The molecule has 2 aromatic rings. The van der Waals surface area contributed by atoms with Crippen molar-refractivity contribution in [2.24, 2.45) is 5.41 Å². The molecule has 44 heavy (non-hydrogen) atoms. The van der Waals surface area contributed by atoms with Gasteiger partial charge in [0.25, 0.3) is 5.91 Å². The molecule has 3 N–H and O–H groups in total. The smallest absolute Gasteiger partial charge is 0.394 e. The average molecular weight is 654 g/mol. The highest BCUT2D eigenvalue weighted by Gasteiger charge is 2.47. The Labute approximate surface area is 253 Å². The zero-order valence-electron chi connectivity index (χ0n) is 25.6. The third-order valence-electron chi connectivity index (χ3n) is 7.92. The standard InChI is InChI=1S/C29H40F5N3O6S/c1-17-22(24(38)35-15-28(40)11-9-19(10-12-28)44(6,41)42)36-37(16-27(4,5)39)23(17)20-8-7-18(13-21(20)43-25(30)31)14-26(2,3)29(32,33)34/h7-8,13,19,25,39-40H,9-12,14-16H2,1-6H3,(H,35,38). The molecule has 1 heterocycles. The molecule has 1 aliphatic carbocycles. The van der Waals surface area contributed by atoms with Crippen LogP contribution < -0.4 is 10.1 Å². The Hall–Kier alpha value is -2.78. The summed E-state index contributed by atoms with van der Waals surface area (Å²) in [5.74, 6) is -1.14. The molecule has 0 radical (unpaired) electrons. The zero-order chi connectivity index (χ0) is 33.5. The molecule has 0 aliphatic heterocycles. The van der Waals surface area contributed by atoms with Crippen molar-refractivity contribution in [1.82, 2.24) is 15.1 Å². The Balaban J connectivity index is 1.98. The summed E-state index contributed by atoms with van der Waals surface area (Å²) in [5.41, 5.74) is -4.57. The summed E-state index contributed by atoms with van der Waals surface area (Å²) < 4.78 is 97.3. The first-order valence-corrected chi connectivity index (χ1v) is 16.0. The van der Waals surface area contributed by atoms with Crippen molar-refractivity contribution in [3.05, 3.63) is 35.0 Å². The van der Waals surface area contributed by atoms with Gasteiger partial charge in [-0.25, -0.2) is 8.42 Å². The van der Waals surface area contributed by atoms with Crippen LogP contribution in [0.1, 0.15) is 75.0 Å². The van der Waals surface area contributed by atoms with Crippen molar-refractivity contribution in [2.75, 3.05) is 12.8 Å². The predicted molar refractivity (Wildman–Crippen MR) is 153 cm³/mol. The maximum absolute atomic E-state index is 13.5. The Morgan fingerprint density at radius 3 is 2.27 bits per heavy atom. The lowest BCUT2D eigenvalue weighted by atomic mass is 9.84. The second-order valence-electron chi connectivity index (χ2n) is 13.0. The third kappa shape index (κ3) is 8.68. The first-order chi connectivity index (χ1) is 19.9. The molecule has 1 aromatic heterocycles. The van der Waals surface area contributed by atoms with E-state index in [4.69, 9.17) is 4.74 Å². The number of hydrogen-bond acceptors (Lipinski definition) is 7. The van der Waals surface area contributed by atoms with Crippen LogP contribution in [0.3, 0.4) is 0 Å². The number of carbonyl (C=O) groups excluding carboxylic acids is 1. The van der Waals surface area contributed by atoms with E-state index in [1.54, 1.807) is 0 Å². The molecule has 9 nitrogen and oxygen atoms in total. The van der Waals surface area contributed by atoms with E-state index in [9.17, 15) is 45.4 Å². The minimum absolute atomic E-state index is 0.0184. The fourth-order valence-electron chi connectivity index (χ4n) is 5.33. The number of hydrogen-bond donors (Lipinski definition) is 3. The molecule has 15 heteroatoms. The van der Waals surface area contributed by atoms with Crippen LogP contribution >= 0.6 is 0 Å². The predicted octanol–water partition coefficient (Wildman–Crippen LogP) is 4.81. The Morgan fingerprint density at radius 2 is 1.77 bits per heavy atom. The molecule has 0 bridgehead atoms. The van der Waals surface area contributed by atoms with E-state index < -0.39 is 62.6 Å². The molecule has 0 unspecified atom stereocenters. The number of aromatic nitrogens is 2. The van der Waals surface area contributed by atoms with Gasteiger partial charge in [-0.1, -0.05) is 19.9 Å². The van der Waals surface area contributed by atoms with Gasteiger partial charge < -0.3 is 20.3 Å². The first kappa shape index (κ1) is 35.7. The summed E-state index contributed by atoms with van der Waals surface area (Å²) in [6, 6.07) is 3.76. The van der Waals surface area contributed by atoms with E-state index in [-0.39, 0.29) is 66.9 Å². The lowest BCUT2D eigenvalue weighted by molar-refractivity contribution is -0.211. The van der Waals surface area contributed by atoms with Gasteiger partial charge in [-0.2, -0.15) is 27.1 Å². The number of amides is 1. The average Bonchev–Trinajstić information content (AvgIpc) is 3.15. The summed E-state index contributed by atoms with van der Waals surface area (Å²) in [5, 5.41) is 27.9. The number of alkyl halides is 5. The molecule has 0 saturated heterocycles. The van der Waals surface area contributed by atoms with Crippen LogP contribution in [0.4, 0.5) is 22.0 Å². The van der Waals surface area contributed by atoms with E-state index in [2.05, 4.69) is 10.4 Å². The molecule has 1 fully saturated rings. The molecule has 0 atom stereocenters. The minimum atomic E-state index is -4.56. The topological polar surface area (TPSA) is 131 Å². The molecule has 1 aliphatic rings. The molecule has 3 rings (SSSR count). The van der Waals surface area contributed by atoms with E-state index in [1.807, 2.05) is 0 Å². The van der Waals surface area contributed by atoms with Crippen LogP contribution in [0, 0.1) is 12.3 Å². The van der Waals surface area contributed by atoms with Gasteiger partial charge in [0.2, 0.25) is 0 Å². The maximum Gasteiger partial charge on any atom is 0.394 e. The van der Waals surface area contributed by atoms with Gasteiger partial charge in [-0.3, -0.25) is 9.48 Å². The van der Waals surface area contributed by atoms with E-state index in [0.29, 0.717) is 0 Å². The number of aliphatic hydroxyl groups is 2. The molecular weight excluding hydrogens is 613 g/mol. The lowest BCUT2D eigenvalue weighted by Crippen LogP contribution is -2.47. The molecule has 1 aromatic carbocycles. The first-order valence-electron chi connectivity index (χ1n) is 14.1. The second kappa shape index (κ2) is 12.5. The number of rotatable bonds is 11. The van der Waals surface area contributed by atoms with Crippen molar-refractivity contribution in [3.8, 4) is 17.0 Å². The van der Waals surface area contributed by atoms with Gasteiger partial charge >= 0.3 is 12.8 Å². The Morgan fingerprint density at radius 1 is 1.18 bits per heavy atom. The molecule has 0 spiro atoms. The molecule has 1 amide bonds. The van der Waals surface area contributed by atoms with E-state index >= 15 is 0 Å². The van der Waals surface area contributed by atoms with Crippen molar-refractivity contribution in [1.29, 1.82) is 0 Å². The van der Waals surface area contributed by atoms with Gasteiger partial charge in [-0.05, 0) is 70.6 Å². The van der Waals surface area contributed by atoms with E-state index in [1.165, 1.54) is 37.6 Å². The maximum atomic E-state index is 13.5. The van der Waals surface area contributed by atoms with Crippen LogP contribution in [0.15, 0.2) is 18.2 Å². The van der Waals surface area contributed by atoms with Crippen molar-refractivity contribution >= 4 is 15.7 Å². The number of nitrogens with one attached hydrogen (secondary N) is 1. The van der Waals surface area contributed by atoms with Crippen molar-refractivity contribution in [2.45, 2.75) is 103 Å². The van der Waals surface area contributed by atoms with Crippen LogP contribution in [0.5, 0.6) is 5.75 Å². The number of benzene rings is 1. The highest BCUT2D eigenvalue weighted by atomic mass is 32.2. The van der Waals surface area contributed by atoms with Gasteiger partial charge in [0.15, 0.2) is 5.69 Å². The molecule has 248 valence electrons. The van der Waals surface area contributed by atoms with Crippen molar-refractivity contribution in [3.63, 3.8) is 0 Å².